The maximum absolute atomic E-state index is 13.7. The summed E-state index contributed by atoms with van der Waals surface area (Å²) in [6.45, 7) is 1.36. The highest BCUT2D eigenvalue weighted by atomic mass is 32.2. The molecule has 0 saturated carbocycles. The first-order valence-electron chi connectivity index (χ1n) is 13.1. The molecule has 1 amide bonds. The molecule has 0 radical (unpaired) electrons. The zero-order chi connectivity index (χ0) is 29.6. The number of anilines is 2. The first-order chi connectivity index (χ1) is 19.5. The number of nitrogens with zero attached hydrogens (tertiary/aromatic N) is 2. The van der Waals surface area contributed by atoms with E-state index in [1.54, 1.807) is 0 Å². The third-order valence-corrected chi connectivity index (χ3v) is 8.61. The molecule has 0 unspecified atom stereocenters. The SMILES string of the molecule is COc1ccc(S(=O)(=O)N(CC(=O)NCc2ccc(N3CCCCC3)cc2)c2cccc(C(F)(F)F)c2)cc1OC. The summed E-state index contributed by atoms with van der Waals surface area (Å²) in [7, 11) is -1.80. The number of alkyl halides is 3. The van der Waals surface area contributed by atoms with Crippen LogP contribution in [0.2, 0.25) is 0 Å². The normalized spacial score (nSPS) is 13.9. The number of sulfonamides is 1. The Labute approximate surface area is 237 Å². The number of carbonyl (C=O) groups is 1. The summed E-state index contributed by atoms with van der Waals surface area (Å²) in [5.74, 6) is -0.317. The lowest BCUT2D eigenvalue weighted by atomic mass is 10.1. The minimum Gasteiger partial charge on any atom is -0.493 e. The minimum absolute atomic E-state index is 0.106. The molecule has 0 atom stereocenters. The Morgan fingerprint density at radius 3 is 2.24 bits per heavy atom. The average Bonchev–Trinajstić information content (AvgIpc) is 2.98. The Balaban J connectivity index is 1.57. The lowest BCUT2D eigenvalue weighted by Gasteiger charge is -2.28. The van der Waals surface area contributed by atoms with E-state index in [0.717, 1.165) is 49.3 Å². The number of rotatable bonds is 10. The topological polar surface area (TPSA) is 88.2 Å². The molecule has 4 rings (SSSR count). The van der Waals surface area contributed by atoms with Gasteiger partial charge in [0.2, 0.25) is 5.91 Å². The second-order valence-corrected chi connectivity index (χ2v) is 11.4. The Morgan fingerprint density at radius 1 is 0.927 bits per heavy atom. The molecule has 1 saturated heterocycles. The fraction of sp³-hybridized carbons (Fsp3) is 0.345. The highest BCUT2D eigenvalue weighted by Crippen LogP contribution is 2.35. The number of nitrogens with one attached hydrogen (secondary N) is 1. The van der Waals surface area contributed by atoms with Crippen LogP contribution in [0.5, 0.6) is 11.5 Å². The first-order valence-corrected chi connectivity index (χ1v) is 14.5. The van der Waals surface area contributed by atoms with Gasteiger partial charge in [-0.2, -0.15) is 13.2 Å². The molecule has 0 spiro atoms. The lowest BCUT2D eigenvalue weighted by molar-refractivity contribution is -0.137. The van der Waals surface area contributed by atoms with Crippen LogP contribution in [0.15, 0.2) is 71.6 Å². The van der Waals surface area contributed by atoms with Gasteiger partial charge in [-0.05, 0) is 67.3 Å². The molecule has 0 bridgehead atoms. The van der Waals surface area contributed by atoms with Gasteiger partial charge in [0, 0.05) is 31.4 Å². The van der Waals surface area contributed by atoms with Gasteiger partial charge in [0.15, 0.2) is 11.5 Å². The molecule has 1 N–H and O–H groups in total. The molecule has 220 valence electrons. The molecule has 0 aliphatic carbocycles. The third kappa shape index (κ3) is 7.24. The van der Waals surface area contributed by atoms with Crippen molar-refractivity contribution in [1.29, 1.82) is 0 Å². The summed E-state index contributed by atoms with van der Waals surface area (Å²) >= 11 is 0. The van der Waals surface area contributed by atoms with Gasteiger partial charge in [0.05, 0.1) is 30.4 Å². The molecular formula is C29H32F3N3O5S. The van der Waals surface area contributed by atoms with E-state index < -0.39 is 34.2 Å². The minimum atomic E-state index is -4.71. The van der Waals surface area contributed by atoms with Crippen molar-refractivity contribution in [3.05, 3.63) is 77.9 Å². The van der Waals surface area contributed by atoms with Crippen LogP contribution in [0.1, 0.15) is 30.4 Å². The summed E-state index contributed by atoms with van der Waals surface area (Å²) in [6.07, 6.45) is -1.20. The summed E-state index contributed by atoms with van der Waals surface area (Å²) in [5.41, 5.74) is 0.538. The van der Waals surface area contributed by atoms with Crippen molar-refractivity contribution in [3.8, 4) is 11.5 Å². The standard InChI is InChI=1S/C29H32F3N3O5S/c1-39-26-14-13-25(18-27(26)40-2)41(37,38)35(24-8-6-7-22(17-24)29(30,31)32)20-28(36)33-19-21-9-11-23(12-10-21)34-15-4-3-5-16-34/h6-14,17-18H,3-5,15-16,19-20H2,1-2H3,(H,33,36). The highest BCUT2D eigenvalue weighted by molar-refractivity contribution is 7.92. The smallest absolute Gasteiger partial charge is 0.416 e. The second-order valence-electron chi connectivity index (χ2n) is 9.57. The molecule has 8 nitrogen and oxygen atoms in total. The van der Waals surface area contributed by atoms with E-state index in [-0.39, 0.29) is 28.6 Å². The molecule has 41 heavy (non-hydrogen) atoms. The van der Waals surface area contributed by atoms with Gasteiger partial charge in [-0.25, -0.2) is 8.42 Å². The van der Waals surface area contributed by atoms with E-state index in [1.807, 2.05) is 24.3 Å². The summed E-state index contributed by atoms with van der Waals surface area (Å²) in [6, 6.07) is 15.3. The molecule has 1 fully saturated rings. The van der Waals surface area contributed by atoms with Crippen LogP contribution >= 0.6 is 0 Å². The van der Waals surface area contributed by atoms with Gasteiger partial charge in [0.1, 0.15) is 6.54 Å². The number of piperidine rings is 1. The first kappa shape index (κ1) is 30.0. The summed E-state index contributed by atoms with van der Waals surface area (Å²) in [5, 5.41) is 2.68. The average molecular weight is 592 g/mol. The third-order valence-electron chi connectivity index (χ3n) is 6.84. The van der Waals surface area contributed by atoms with Crippen molar-refractivity contribution in [2.45, 2.75) is 36.9 Å². The lowest BCUT2D eigenvalue weighted by Crippen LogP contribution is -2.40. The maximum Gasteiger partial charge on any atom is 0.416 e. The number of carbonyl (C=O) groups excluding carboxylic acids is 1. The number of methoxy groups -OCH3 is 2. The number of benzene rings is 3. The van der Waals surface area contributed by atoms with E-state index in [4.69, 9.17) is 9.47 Å². The maximum atomic E-state index is 13.7. The molecule has 1 aliphatic heterocycles. The Morgan fingerprint density at radius 2 is 1.61 bits per heavy atom. The summed E-state index contributed by atoms with van der Waals surface area (Å²) in [4.78, 5) is 15.0. The Bertz CT molecular complexity index is 1460. The van der Waals surface area contributed by atoms with E-state index in [9.17, 15) is 26.4 Å². The van der Waals surface area contributed by atoms with Crippen LogP contribution in [0.3, 0.4) is 0 Å². The number of halogens is 3. The van der Waals surface area contributed by atoms with Crippen molar-refractivity contribution >= 4 is 27.3 Å². The van der Waals surface area contributed by atoms with Gasteiger partial charge >= 0.3 is 6.18 Å². The van der Waals surface area contributed by atoms with Crippen LogP contribution in [0.25, 0.3) is 0 Å². The van der Waals surface area contributed by atoms with Crippen molar-refractivity contribution in [2.75, 3.05) is 43.1 Å². The number of hydrogen-bond donors (Lipinski definition) is 1. The Kier molecular flexibility index (Phi) is 9.31. The van der Waals surface area contributed by atoms with Gasteiger partial charge in [-0.1, -0.05) is 18.2 Å². The zero-order valence-corrected chi connectivity index (χ0v) is 23.6. The van der Waals surface area contributed by atoms with Crippen molar-refractivity contribution < 1.29 is 35.9 Å². The van der Waals surface area contributed by atoms with E-state index in [2.05, 4.69) is 10.2 Å². The van der Waals surface area contributed by atoms with Gasteiger partial charge < -0.3 is 19.7 Å². The monoisotopic (exact) mass is 591 g/mol. The molecular weight excluding hydrogens is 559 g/mol. The summed E-state index contributed by atoms with van der Waals surface area (Å²) < 4.78 is 78.9. The van der Waals surface area contributed by atoms with Crippen molar-refractivity contribution in [2.24, 2.45) is 0 Å². The molecule has 1 aliphatic rings. The van der Waals surface area contributed by atoms with Gasteiger partial charge in [0.25, 0.3) is 10.0 Å². The van der Waals surface area contributed by atoms with Crippen LogP contribution in [-0.2, 0) is 27.5 Å². The fourth-order valence-electron chi connectivity index (χ4n) is 4.62. The Hall–Kier alpha value is -3.93. The van der Waals surface area contributed by atoms with E-state index >= 15 is 0 Å². The number of amides is 1. The van der Waals surface area contributed by atoms with Crippen LogP contribution < -0.4 is 24.0 Å². The number of hydrogen-bond acceptors (Lipinski definition) is 6. The zero-order valence-electron chi connectivity index (χ0n) is 22.8. The van der Waals surface area contributed by atoms with E-state index in [0.29, 0.717) is 10.4 Å². The molecule has 1 heterocycles. The quantitative estimate of drug-likeness (QED) is 0.348. The van der Waals surface area contributed by atoms with Crippen LogP contribution in [-0.4, -0.2) is 48.2 Å². The largest absolute Gasteiger partial charge is 0.493 e. The predicted molar refractivity (Wildman–Crippen MR) is 150 cm³/mol. The molecule has 0 aromatic heterocycles. The van der Waals surface area contributed by atoms with Crippen molar-refractivity contribution in [1.82, 2.24) is 5.32 Å². The molecule has 3 aromatic carbocycles. The molecule has 3 aromatic rings. The van der Waals surface area contributed by atoms with E-state index in [1.165, 1.54) is 44.9 Å². The highest BCUT2D eigenvalue weighted by Gasteiger charge is 2.33. The van der Waals surface area contributed by atoms with Crippen LogP contribution in [0.4, 0.5) is 24.5 Å². The van der Waals surface area contributed by atoms with Gasteiger partial charge in [-0.3, -0.25) is 9.10 Å². The fourth-order valence-corrected chi connectivity index (χ4v) is 6.05. The number of ether oxygens (including phenoxy) is 2. The molecule has 12 heteroatoms. The van der Waals surface area contributed by atoms with Crippen molar-refractivity contribution in [3.63, 3.8) is 0 Å². The van der Waals surface area contributed by atoms with Crippen LogP contribution in [0, 0.1) is 0 Å². The predicted octanol–water partition coefficient (Wildman–Crippen LogP) is 5.22. The van der Waals surface area contributed by atoms with Gasteiger partial charge in [-0.15, -0.1) is 0 Å². The second kappa shape index (κ2) is 12.7.